The lowest BCUT2D eigenvalue weighted by molar-refractivity contribution is 0.102. The topological polar surface area (TPSA) is 73.3 Å². The van der Waals surface area contributed by atoms with Crippen LogP contribution in [0.1, 0.15) is 27.9 Å². The van der Waals surface area contributed by atoms with Crippen LogP contribution in [0.3, 0.4) is 0 Å². The summed E-state index contributed by atoms with van der Waals surface area (Å²) in [4.78, 5) is 12.5. The fourth-order valence-electron chi connectivity index (χ4n) is 2.49. The fourth-order valence-corrected chi connectivity index (χ4v) is 3.25. The van der Waals surface area contributed by atoms with Crippen LogP contribution in [0.15, 0.2) is 48.5 Å². The number of rotatable bonds is 7. The van der Waals surface area contributed by atoms with Gasteiger partial charge in [-0.2, -0.15) is 0 Å². The molecule has 1 amide bonds. The van der Waals surface area contributed by atoms with Crippen molar-refractivity contribution in [2.75, 3.05) is 19.0 Å². The summed E-state index contributed by atoms with van der Waals surface area (Å²) in [5, 5.41) is 12.3. The summed E-state index contributed by atoms with van der Waals surface area (Å²) >= 11 is 1.34. The van der Waals surface area contributed by atoms with E-state index in [9.17, 15) is 4.79 Å². The van der Waals surface area contributed by atoms with Crippen molar-refractivity contribution in [3.05, 3.63) is 64.7 Å². The highest BCUT2D eigenvalue weighted by molar-refractivity contribution is 7.15. The molecule has 3 rings (SSSR count). The zero-order valence-corrected chi connectivity index (χ0v) is 15.4. The second kappa shape index (κ2) is 8.44. The number of carbonyl (C=O) groups is 1. The number of amides is 1. The van der Waals surface area contributed by atoms with Crippen molar-refractivity contribution >= 4 is 22.4 Å². The Hall–Kier alpha value is -2.93. The third kappa shape index (κ3) is 4.18. The zero-order valence-electron chi connectivity index (χ0n) is 14.6. The molecule has 6 nitrogen and oxygen atoms in total. The normalized spacial score (nSPS) is 10.4. The van der Waals surface area contributed by atoms with Gasteiger partial charge in [-0.3, -0.25) is 10.1 Å². The number of carbonyl (C=O) groups excluding carboxylic acids is 1. The molecule has 0 aliphatic carbocycles. The Labute approximate surface area is 155 Å². The number of benzene rings is 2. The molecule has 2 aromatic carbocycles. The number of hydrogen-bond acceptors (Lipinski definition) is 6. The summed E-state index contributed by atoms with van der Waals surface area (Å²) in [5.41, 5.74) is 1.49. The maximum Gasteiger partial charge on any atom is 0.261 e. The summed E-state index contributed by atoms with van der Waals surface area (Å²) in [6.45, 7) is 2.37. The first-order chi connectivity index (χ1) is 12.7. The van der Waals surface area contributed by atoms with Gasteiger partial charge in [-0.1, -0.05) is 41.7 Å². The monoisotopic (exact) mass is 369 g/mol. The first-order valence-corrected chi connectivity index (χ1v) is 9.00. The number of methoxy groups -OCH3 is 1. The maximum atomic E-state index is 12.5. The van der Waals surface area contributed by atoms with Crippen LogP contribution < -0.4 is 14.8 Å². The number of ether oxygens (including phenoxy) is 2. The molecule has 0 aliphatic heterocycles. The summed E-state index contributed by atoms with van der Waals surface area (Å²) < 4.78 is 10.9. The molecule has 0 spiro atoms. The van der Waals surface area contributed by atoms with Crippen molar-refractivity contribution in [2.24, 2.45) is 0 Å². The van der Waals surface area contributed by atoms with E-state index in [-0.39, 0.29) is 5.91 Å². The van der Waals surface area contributed by atoms with E-state index in [0.29, 0.717) is 29.5 Å². The first-order valence-electron chi connectivity index (χ1n) is 8.18. The Morgan fingerprint density at radius 3 is 2.58 bits per heavy atom. The molecule has 3 aromatic rings. The SMILES string of the molecule is CCOc1ccccc1C(=O)Nc1nnc(Cc2ccccc2OC)s1. The molecule has 0 aliphatic rings. The Bertz CT molecular complexity index is 895. The molecule has 1 heterocycles. The van der Waals surface area contributed by atoms with Gasteiger partial charge in [0.05, 0.1) is 19.3 Å². The minimum absolute atomic E-state index is 0.269. The van der Waals surface area contributed by atoms with E-state index in [1.165, 1.54) is 11.3 Å². The second-order valence-corrected chi connectivity index (χ2v) is 6.43. The molecule has 0 saturated heterocycles. The lowest BCUT2D eigenvalue weighted by Gasteiger charge is -2.08. The van der Waals surface area contributed by atoms with Gasteiger partial charge in [-0.15, -0.1) is 10.2 Å². The van der Waals surface area contributed by atoms with Crippen molar-refractivity contribution in [2.45, 2.75) is 13.3 Å². The minimum atomic E-state index is -0.269. The summed E-state index contributed by atoms with van der Waals surface area (Å²) in [6.07, 6.45) is 0.590. The number of hydrogen-bond donors (Lipinski definition) is 1. The van der Waals surface area contributed by atoms with Gasteiger partial charge >= 0.3 is 0 Å². The Kier molecular flexibility index (Phi) is 5.80. The predicted octanol–water partition coefficient (Wildman–Crippen LogP) is 3.79. The van der Waals surface area contributed by atoms with Crippen molar-refractivity contribution in [3.8, 4) is 11.5 Å². The molecule has 0 bridgehead atoms. The van der Waals surface area contributed by atoms with Crippen molar-refractivity contribution in [1.29, 1.82) is 0 Å². The van der Waals surface area contributed by atoms with Gasteiger partial charge in [0.15, 0.2) is 0 Å². The van der Waals surface area contributed by atoms with Crippen molar-refractivity contribution < 1.29 is 14.3 Å². The van der Waals surface area contributed by atoms with E-state index in [1.807, 2.05) is 37.3 Å². The maximum absolute atomic E-state index is 12.5. The third-order valence-corrected chi connectivity index (χ3v) is 4.49. The van der Waals surface area contributed by atoms with Gasteiger partial charge in [0.25, 0.3) is 5.91 Å². The van der Waals surface area contributed by atoms with E-state index in [1.54, 1.807) is 25.3 Å². The Morgan fingerprint density at radius 2 is 1.81 bits per heavy atom. The Balaban J connectivity index is 1.72. The van der Waals surface area contributed by atoms with Crippen LogP contribution in [0.4, 0.5) is 5.13 Å². The van der Waals surface area contributed by atoms with Crippen LogP contribution in [-0.4, -0.2) is 29.8 Å². The third-order valence-electron chi connectivity index (χ3n) is 3.65. The number of para-hydroxylation sites is 2. The van der Waals surface area contributed by atoms with Crippen LogP contribution in [0.2, 0.25) is 0 Å². The smallest absolute Gasteiger partial charge is 0.261 e. The lowest BCUT2D eigenvalue weighted by atomic mass is 10.1. The molecule has 0 atom stereocenters. The summed E-state index contributed by atoms with van der Waals surface area (Å²) in [6, 6.07) is 14.9. The van der Waals surface area contributed by atoms with Crippen molar-refractivity contribution in [1.82, 2.24) is 10.2 Å². The van der Waals surface area contributed by atoms with Crippen molar-refractivity contribution in [3.63, 3.8) is 0 Å². The van der Waals surface area contributed by atoms with Crippen LogP contribution in [-0.2, 0) is 6.42 Å². The second-order valence-electron chi connectivity index (χ2n) is 5.37. The molecule has 0 unspecified atom stereocenters. The predicted molar refractivity (Wildman–Crippen MR) is 101 cm³/mol. The van der Waals surface area contributed by atoms with Crippen LogP contribution in [0, 0.1) is 0 Å². The van der Waals surface area contributed by atoms with Gasteiger partial charge in [-0.05, 0) is 25.1 Å². The number of anilines is 1. The quantitative estimate of drug-likeness (QED) is 0.686. The zero-order chi connectivity index (χ0) is 18.4. The largest absolute Gasteiger partial charge is 0.496 e. The molecule has 1 aromatic heterocycles. The highest BCUT2D eigenvalue weighted by Crippen LogP contribution is 2.25. The molecule has 0 fully saturated rings. The van der Waals surface area contributed by atoms with Gasteiger partial charge in [0, 0.05) is 12.0 Å². The molecule has 0 radical (unpaired) electrons. The van der Waals surface area contributed by atoms with Crippen LogP contribution >= 0.6 is 11.3 Å². The van der Waals surface area contributed by atoms with E-state index >= 15 is 0 Å². The first kappa shape index (κ1) is 17.9. The molecule has 134 valence electrons. The van der Waals surface area contributed by atoms with Gasteiger partial charge in [-0.25, -0.2) is 0 Å². The number of aromatic nitrogens is 2. The molecule has 26 heavy (non-hydrogen) atoms. The highest BCUT2D eigenvalue weighted by Gasteiger charge is 2.15. The standard InChI is InChI=1S/C19H19N3O3S/c1-3-25-16-11-7-5-9-14(16)18(23)20-19-22-21-17(26-19)12-13-8-4-6-10-15(13)24-2/h4-11H,3,12H2,1-2H3,(H,20,22,23). The lowest BCUT2D eigenvalue weighted by Crippen LogP contribution is -2.13. The molecular weight excluding hydrogens is 350 g/mol. The van der Waals surface area contributed by atoms with E-state index in [0.717, 1.165) is 16.3 Å². The highest BCUT2D eigenvalue weighted by atomic mass is 32.1. The number of nitrogens with zero attached hydrogens (tertiary/aromatic N) is 2. The minimum Gasteiger partial charge on any atom is -0.496 e. The molecular formula is C19H19N3O3S. The van der Waals surface area contributed by atoms with Gasteiger partial charge in [0.1, 0.15) is 16.5 Å². The van der Waals surface area contributed by atoms with Gasteiger partial charge < -0.3 is 9.47 Å². The van der Waals surface area contributed by atoms with E-state index in [4.69, 9.17) is 9.47 Å². The average Bonchev–Trinajstić information content (AvgIpc) is 3.09. The van der Waals surface area contributed by atoms with E-state index < -0.39 is 0 Å². The van der Waals surface area contributed by atoms with Crippen LogP contribution in [0.5, 0.6) is 11.5 Å². The van der Waals surface area contributed by atoms with Gasteiger partial charge in [0.2, 0.25) is 5.13 Å². The molecule has 7 heteroatoms. The summed E-state index contributed by atoms with van der Waals surface area (Å²) in [5.74, 6) is 1.08. The average molecular weight is 369 g/mol. The Morgan fingerprint density at radius 1 is 1.08 bits per heavy atom. The molecule has 0 saturated carbocycles. The van der Waals surface area contributed by atoms with E-state index in [2.05, 4.69) is 15.5 Å². The number of nitrogens with one attached hydrogen (secondary N) is 1. The van der Waals surface area contributed by atoms with Crippen LogP contribution in [0.25, 0.3) is 0 Å². The molecule has 1 N–H and O–H groups in total. The fraction of sp³-hybridized carbons (Fsp3) is 0.211. The summed E-state index contributed by atoms with van der Waals surface area (Å²) in [7, 11) is 1.64.